The highest BCUT2D eigenvalue weighted by Gasteiger charge is 2.23. The van der Waals surface area contributed by atoms with Crippen molar-refractivity contribution in [2.75, 3.05) is 23.3 Å². The molecule has 1 aliphatic rings. The van der Waals surface area contributed by atoms with Crippen LogP contribution in [0.5, 0.6) is 0 Å². The van der Waals surface area contributed by atoms with Gasteiger partial charge in [0.15, 0.2) is 5.82 Å². The first-order valence-electron chi connectivity index (χ1n) is 7.57. The van der Waals surface area contributed by atoms with Crippen LogP contribution in [0.3, 0.4) is 0 Å². The van der Waals surface area contributed by atoms with E-state index in [-0.39, 0.29) is 11.6 Å². The number of rotatable bonds is 3. The zero-order chi connectivity index (χ0) is 15.8. The Hall–Kier alpha value is -2.42. The Balaban J connectivity index is 1.49. The van der Waals surface area contributed by atoms with Crippen molar-refractivity contribution in [2.45, 2.75) is 25.8 Å². The summed E-state index contributed by atoms with van der Waals surface area (Å²) in [4.78, 5) is 26.1. The number of aryl methyl sites for hydroxylation is 1. The third kappa shape index (κ3) is 2.79. The fourth-order valence-corrected chi connectivity index (χ4v) is 3.80. The molecule has 1 atom stereocenters. The average Bonchev–Trinajstić information content (AvgIpc) is 3.04. The van der Waals surface area contributed by atoms with Crippen LogP contribution in [0.15, 0.2) is 23.4 Å². The molecule has 1 aliphatic heterocycles. The lowest BCUT2D eigenvalue weighted by Crippen LogP contribution is -2.44. The van der Waals surface area contributed by atoms with Gasteiger partial charge >= 0.3 is 0 Å². The summed E-state index contributed by atoms with van der Waals surface area (Å²) in [5.41, 5.74) is 0.824. The van der Waals surface area contributed by atoms with E-state index in [0.29, 0.717) is 5.82 Å². The number of nitrogens with zero attached hydrogens (tertiary/aromatic N) is 5. The lowest BCUT2D eigenvalue weighted by atomic mass is 10.1. The molecule has 3 aromatic heterocycles. The maximum atomic E-state index is 11.9. The largest absolute Gasteiger partial charge is 0.356 e. The van der Waals surface area contributed by atoms with E-state index in [9.17, 15) is 4.79 Å². The van der Waals surface area contributed by atoms with Crippen molar-refractivity contribution in [2.24, 2.45) is 0 Å². The molecule has 23 heavy (non-hydrogen) atoms. The molecule has 2 N–H and O–H groups in total. The maximum Gasteiger partial charge on any atom is 0.290 e. The molecule has 4 rings (SSSR count). The Morgan fingerprint density at radius 3 is 3.22 bits per heavy atom. The van der Waals surface area contributed by atoms with E-state index in [1.807, 2.05) is 18.0 Å². The highest BCUT2D eigenvalue weighted by Crippen LogP contribution is 2.23. The van der Waals surface area contributed by atoms with Crippen molar-refractivity contribution in [1.82, 2.24) is 24.6 Å². The summed E-state index contributed by atoms with van der Waals surface area (Å²) in [6.07, 6.45) is 7.14. The van der Waals surface area contributed by atoms with Crippen LogP contribution in [0.2, 0.25) is 0 Å². The average molecular weight is 331 g/mol. The normalized spacial score (nSPS) is 18.5. The predicted molar refractivity (Wildman–Crippen MR) is 89.3 cm³/mol. The quantitative estimate of drug-likeness (QED) is 0.751. The Labute approximate surface area is 136 Å². The number of hydrogen-bond donors (Lipinski definition) is 2. The van der Waals surface area contributed by atoms with Gasteiger partial charge in [0.05, 0.1) is 11.9 Å². The van der Waals surface area contributed by atoms with Gasteiger partial charge in [-0.2, -0.15) is 0 Å². The number of aromatic amines is 1. The van der Waals surface area contributed by atoms with E-state index >= 15 is 0 Å². The number of hydrogen-bond acceptors (Lipinski definition) is 7. The van der Waals surface area contributed by atoms with Crippen molar-refractivity contribution in [3.8, 4) is 0 Å². The lowest BCUT2D eigenvalue weighted by molar-refractivity contribution is 0.524. The van der Waals surface area contributed by atoms with E-state index in [2.05, 4.69) is 25.4 Å². The van der Waals surface area contributed by atoms with Gasteiger partial charge in [0.2, 0.25) is 10.1 Å². The molecule has 8 nitrogen and oxygen atoms in total. The van der Waals surface area contributed by atoms with E-state index in [1.54, 1.807) is 16.9 Å². The van der Waals surface area contributed by atoms with Crippen LogP contribution in [0, 0.1) is 6.92 Å². The number of fused-ring (bicyclic) bond motifs is 1. The van der Waals surface area contributed by atoms with Crippen molar-refractivity contribution < 1.29 is 0 Å². The van der Waals surface area contributed by atoms with Gasteiger partial charge in [-0.3, -0.25) is 4.79 Å². The number of H-pyrrole nitrogens is 1. The van der Waals surface area contributed by atoms with Gasteiger partial charge in [0.25, 0.3) is 5.56 Å². The minimum Gasteiger partial charge on any atom is -0.356 e. The van der Waals surface area contributed by atoms with Crippen LogP contribution in [0.1, 0.15) is 18.5 Å². The Kier molecular flexibility index (Phi) is 3.49. The second-order valence-corrected chi connectivity index (χ2v) is 6.64. The van der Waals surface area contributed by atoms with Crippen LogP contribution in [0.25, 0.3) is 4.96 Å². The van der Waals surface area contributed by atoms with Gasteiger partial charge < -0.3 is 15.2 Å². The Morgan fingerprint density at radius 2 is 2.39 bits per heavy atom. The van der Waals surface area contributed by atoms with E-state index in [0.717, 1.165) is 41.7 Å². The molecule has 0 aliphatic carbocycles. The topological polar surface area (TPSA) is 91.2 Å². The minimum absolute atomic E-state index is 0.142. The Morgan fingerprint density at radius 1 is 1.48 bits per heavy atom. The summed E-state index contributed by atoms with van der Waals surface area (Å²) >= 11 is 1.54. The van der Waals surface area contributed by atoms with Crippen molar-refractivity contribution in [3.05, 3.63) is 34.6 Å². The molecule has 1 fully saturated rings. The molecular formula is C14H17N7OS. The van der Waals surface area contributed by atoms with Crippen molar-refractivity contribution in [1.29, 1.82) is 0 Å². The summed E-state index contributed by atoms with van der Waals surface area (Å²) in [7, 11) is 0. The monoisotopic (exact) mass is 331 g/mol. The fraction of sp³-hybridized carbons (Fsp3) is 0.429. The summed E-state index contributed by atoms with van der Waals surface area (Å²) in [6.45, 7) is 3.54. The fourth-order valence-electron chi connectivity index (χ4n) is 2.90. The summed E-state index contributed by atoms with van der Waals surface area (Å²) in [5, 5.41) is 8.82. The zero-order valence-electron chi connectivity index (χ0n) is 12.7. The third-order valence-corrected chi connectivity index (χ3v) is 4.75. The summed E-state index contributed by atoms with van der Waals surface area (Å²) < 4.78 is 1.80. The summed E-state index contributed by atoms with van der Waals surface area (Å²) in [5.74, 6) is 0.489. The molecule has 0 saturated carbocycles. The summed E-state index contributed by atoms with van der Waals surface area (Å²) in [6, 6.07) is 0.238. The smallest absolute Gasteiger partial charge is 0.290 e. The Bertz CT molecular complexity index is 851. The molecular weight excluding hydrogens is 314 g/mol. The maximum absolute atomic E-state index is 11.9. The van der Waals surface area contributed by atoms with Gasteiger partial charge in [-0.25, -0.2) is 14.5 Å². The van der Waals surface area contributed by atoms with E-state index in [1.165, 1.54) is 11.3 Å². The number of imidazole rings is 1. The molecule has 0 spiro atoms. The van der Waals surface area contributed by atoms with Crippen LogP contribution < -0.4 is 15.8 Å². The predicted octanol–water partition coefficient (Wildman–Crippen LogP) is 1.26. The molecule has 120 valence electrons. The van der Waals surface area contributed by atoms with Crippen LogP contribution in [-0.2, 0) is 0 Å². The highest BCUT2D eigenvalue weighted by molar-refractivity contribution is 7.20. The molecule has 0 radical (unpaired) electrons. The molecule has 9 heteroatoms. The van der Waals surface area contributed by atoms with Gasteiger partial charge in [-0.15, -0.1) is 5.10 Å². The molecule has 0 bridgehead atoms. The standard InChI is InChI=1S/C14H17N7OS/c1-9-7-21-14(17-9)23-13(19-21)18-10-3-2-6-20(8-10)11-12(22)16-5-4-15-11/h4-5,7,10H,2-3,6,8H2,1H3,(H,16,22)(H,18,19). The zero-order valence-corrected chi connectivity index (χ0v) is 13.5. The first-order chi connectivity index (χ1) is 11.2. The van der Waals surface area contributed by atoms with Gasteiger partial charge in [0, 0.05) is 31.5 Å². The number of nitrogens with one attached hydrogen (secondary N) is 2. The molecule has 1 saturated heterocycles. The lowest BCUT2D eigenvalue weighted by Gasteiger charge is -2.33. The molecule has 0 amide bonds. The number of aromatic nitrogens is 5. The SMILES string of the molecule is Cc1cn2nc(NC3CCCN(c4ncc[nH]c4=O)C3)sc2n1. The minimum atomic E-state index is -0.142. The van der Waals surface area contributed by atoms with Gasteiger partial charge in [-0.1, -0.05) is 11.3 Å². The van der Waals surface area contributed by atoms with E-state index < -0.39 is 0 Å². The van der Waals surface area contributed by atoms with E-state index in [4.69, 9.17) is 0 Å². The molecule has 4 heterocycles. The van der Waals surface area contributed by atoms with Crippen LogP contribution in [-0.4, -0.2) is 43.7 Å². The van der Waals surface area contributed by atoms with Crippen molar-refractivity contribution in [3.63, 3.8) is 0 Å². The number of anilines is 2. The molecule has 0 aromatic carbocycles. The van der Waals surface area contributed by atoms with Gasteiger partial charge in [-0.05, 0) is 19.8 Å². The highest BCUT2D eigenvalue weighted by atomic mass is 32.1. The molecule has 3 aromatic rings. The molecule has 1 unspecified atom stereocenters. The second kappa shape index (κ2) is 5.65. The number of piperidine rings is 1. The first-order valence-corrected chi connectivity index (χ1v) is 8.39. The van der Waals surface area contributed by atoms with Gasteiger partial charge in [0.1, 0.15) is 0 Å². The third-order valence-electron chi connectivity index (χ3n) is 3.90. The first kappa shape index (κ1) is 14.2. The van der Waals surface area contributed by atoms with Crippen molar-refractivity contribution >= 4 is 27.2 Å². The van der Waals surface area contributed by atoms with Crippen LogP contribution >= 0.6 is 11.3 Å². The van der Waals surface area contributed by atoms with Crippen LogP contribution in [0.4, 0.5) is 10.9 Å². The second-order valence-electron chi connectivity index (χ2n) is 5.69.